The Balaban J connectivity index is 1.72. The molecule has 0 aliphatic heterocycles. The van der Waals surface area contributed by atoms with E-state index in [1.807, 2.05) is 24.3 Å². The van der Waals surface area contributed by atoms with Gasteiger partial charge in [-0.15, -0.1) is 0 Å². The Morgan fingerprint density at radius 3 is 2.72 bits per heavy atom. The van der Waals surface area contributed by atoms with E-state index in [9.17, 15) is 4.79 Å². The standard InChI is InChI=1S/C19H14ClN3O2/c20-15-7-4-6-14(12-15)13-22-23-18(24)17-10-5-11-21-19(17)25-16-8-2-1-3-9-16/h1-13H,(H,23,24). The first-order valence-corrected chi connectivity index (χ1v) is 7.87. The van der Waals surface area contributed by atoms with Gasteiger partial charge in [0.05, 0.1) is 6.21 Å². The van der Waals surface area contributed by atoms with Crippen LogP contribution < -0.4 is 10.2 Å². The molecule has 2 aromatic carbocycles. The Morgan fingerprint density at radius 1 is 1.08 bits per heavy atom. The number of halogens is 1. The maximum Gasteiger partial charge on any atom is 0.276 e. The van der Waals surface area contributed by atoms with E-state index in [0.717, 1.165) is 5.56 Å². The number of benzene rings is 2. The minimum Gasteiger partial charge on any atom is -0.438 e. The Kier molecular flexibility index (Phi) is 5.39. The number of nitrogens with one attached hydrogen (secondary N) is 1. The number of ether oxygens (including phenoxy) is 1. The average Bonchev–Trinajstić information content (AvgIpc) is 2.63. The molecule has 0 radical (unpaired) electrons. The first-order chi connectivity index (χ1) is 12.2. The van der Waals surface area contributed by atoms with E-state index in [1.165, 1.54) is 6.21 Å². The van der Waals surface area contributed by atoms with Crippen molar-refractivity contribution < 1.29 is 9.53 Å². The number of para-hydroxylation sites is 1. The fourth-order valence-electron chi connectivity index (χ4n) is 2.06. The summed E-state index contributed by atoms with van der Waals surface area (Å²) in [5.74, 6) is 0.388. The summed E-state index contributed by atoms with van der Waals surface area (Å²) in [5, 5.41) is 4.54. The van der Waals surface area contributed by atoms with Crippen molar-refractivity contribution in [2.24, 2.45) is 5.10 Å². The van der Waals surface area contributed by atoms with Crippen LogP contribution in [-0.2, 0) is 0 Å². The first kappa shape index (κ1) is 16.7. The van der Waals surface area contributed by atoms with E-state index in [1.54, 1.807) is 48.7 Å². The highest BCUT2D eigenvalue weighted by Crippen LogP contribution is 2.22. The minimum absolute atomic E-state index is 0.212. The van der Waals surface area contributed by atoms with Gasteiger partial charge < -0.3 is 4.74 Å². The van der Waals surface area contributed by atoms with E-state index in [4.69, 9.17) is 16.3 Å². The molecule has 0 aliphatic carbocycles. The second kappa shape index (κ2) is 8.08. The number of pyridine rings is 1. The third kappa shape index (κ3) is 4.65. The van der Waals surface area contributed by atoms with Crippen molar-refractivity contribution in [2.45, 2.75) is 0 Å². The molecule has 0 saturated heterocycles. The Hall–Kier alpha value is -3.18. The van der Waals surface area contributed by atoms with Gasteiger partial charge in [-0.2, -0.15) is 5.10 Å². The van der Waals surface area contributed by atoms with Crippen molar-refractivity contribution in [3.8, 4) is 11.6 Å². The van der Waals surface area contributed by atoms with Crippen LogP contribution in [0.3, 0.4) is 0 Å². The summed E-state index contributed by atoms with van der Waals surface area (Å²) in [5.41, 5.74) is 3.52. The predicted octanol–water partition coefficient (Wildman–Crippen LogP) is 4.29. The summed E-state index contributed by atoms with van der Waals surface area (Å²) in [6.45, 7) is 0. The summed E-state index contributed by atoms with van der Waals surface area (Å²) >= 11 is 5.91. The topological polar surface area (TPSA) is 63.6 Å². The molecule has 1 amide bonds. The number of carbonyl (C=O) groups is 1. The van der Waals surface area contributed by atoms with Crippen molar-refractivity contribution >= 4 is 23.7 Å². The van der Waals surface area contributed by atoms with Gasteiger partial charge in [0.15, 0.2) is 0 Å². The lowest BCUT2D eigenvalue weighted by molar-refractivity contribution is 0.0952. The van der Waals surface area contributed by atoms with Gasteiger partial charge in [0.2, 0.25) is 5.88 Å². The zero-order valence-corrected chi connectivity index (χ0v) is 13.9. The van der Waals surface area contributed by atoms with Crippen LogP contribution >= 0.6 is 11.6 Å². The van der Waals surface area contributed by atoms with Gasteiger partial charge in [-0.25, -0.2) is 10.4 Å². The van der Waals surface area contributed by atoms with Gasteiger partial charge in [0.1, 0.15) is 11.3 Å². The number of rotatable bonds is 5. The molecule has 124 valence electrons. The highest BCUT2D eigenvalue weighted by atomic mass is 35.5. The largest absolute Gasteiger partial charge is 0.438 e. The summed E-state index contributed by atoms with van der Waals surface area (Å²) in [4.78, 5) is 16.5. The molecule has 0 fully saturated rings. The predicted molar refractivity (Wildman–Crippen MR) is 97.3 cm³/mol. The normalized spacial score (nSPS) is 10.6. The number of hydrogen-bond acceptors (Lipinski definition) is 4. The van der Waals surface area contributed by atoms with Crippen LogP contribution in [0.1, 0.15) is 15.9 Å². The molecule has 0 saturated carbocycles. The molecule has 1 aromatic heterocycles. The lowest BCUT2D eigenvalue weighted by Crippen LogP contribution is -2.18. The highest BCUT2D eigenvalue weighted by Gasteiger charge is 2.13. The lowest BCUT2D eigenvalue weighted by atomic mass is 10.2. The zero-order chi connectivity index (χ0) is 17.5. The first-order valence-electron chi connectivity index (χ1n) is 7.49. The monoisotopic (exact) mass is 351 g/mol. The summed E-state index contributed by atoms with van der Waals surface area (Å²) in [6, 6.07) is 19.5. The fourth-order valence-corrected chi connectivity index (χ4v) is 2.26. The number of aromatic nitrogens is 1. The van der Waals surface area contributed by atoms with Crippen LogP contribution in [0.15, 0.2) is 78.0 Å². The van der Waals surface area contributed by atoms with Gasteiger partial charge in [0.25, 0.3) is 5.91 Å². The van der Waals surface area contributed by atoms with Crippen molar-refractivity contribution in [1.82, 2.24) is 10.4 Å². The summed E-state index contributed by atoms with van der Waals surface area (Å²) < 4.78 is 5.67. The Bertz CT molecular complexity index is 898. The van der Waals surface area contributed by atoms with E-state index < -0.39 is 5.91 Å². The molecule has 1 heterocycles. The van der Waals surface area contributed by atoms with E-state index in [2.05, 4.69) is 15.5 Å². The van der Waals surface area contributed by atoms with Gasteiger partial charge in [0, 0.05) is 11.2 Å². The SMILES string of the molecule is O=C(NN=Cc1cccc(Cl)c1)c1cccnc1Oc1ccccc1. The van der Waals surface area contributed by atoms with Crippen LogP contribution in [0.2, 0.25) is 5.02 Å². The highest BCUT2D eigenvalue weighted by molar-refractivity contribution is 6.30. The quantitative estimate of drug-likeness (QED) is 0.551. The molecule has 5 nitrogen and oxygen atoms in total. The molecule has 0 spiro atoms. The second-order valence-corrected chi connectivity index (χ2v) is 5.46. The molecule has 0 unspecified atom stereocenters. The third-order valence-electron chi connectivity index (χ3n) is 3.20. The van der Waals surface area contributed by atoms with Crippen molar-refractivity contribution in [1.29, 1.82) is 0 Å². The smallest absolute Gasteiger partial charge is 0.276 e. The molecule has 3 rings (SSSR count). The molecule has 0 bridgehead atoms. The van der Waals surface area contributed by atoms with Gasteiger partial charge >= 0.3 is 0 Å². The van der Waals surface area contributed by atoms with E-state index >= 15 is 0 Å². The third-order valence-corrected chi connectivity index (χ3v) is 3.44. The fraction of sp³-hybridized carbons (Fsp3) is 0. The van der Waals surface area contributed by atoms with Crippen LogP contribution in [0, 0.1) is 0 Å². The number of carbonyl (C=O) groups excluding carboxylic acids is 1. The average molecular weight is 352 g/mol. The van der Waals surface area contributed by atoms with Crippen molar-refractivity contribution in [3.05, 3.63) is 89.1 Å². The number of nitrogens with zero attached hydrogens (tertiary/aromatic N) is 2. The van der Waals surface area contributed by atoms with Gasteiger partial charge in [-0.1, -0.05) is 41.9 Å². The van der Waals surface area contributed by atoms with E-state index in [-0.39, 0.29) is 11.4 Å². The number of amides is 1. The molecule has 3 aromatic rings. The van der Waals surface area contributed by atoms with Crippen LogP contribution in [0.4, 0.5) is 0 Å². The molecular weight excluding hydrogens is 338 g/mol. The molecule has 25 heavy (non-hydrogen) atoms. The van der Waals surface area contributed by atoms with Crippen molar-refractivity contribution in [3.63, 3.8) is 0 Å². The Labute approximate surface area is 149 Å². The maximum atomic E-state index is 12.3. The second-order valence-electron chi connectivity index (χ2n) is 5.03. The summed E-state index contributed by atoms with van der Waals surface area (Å²) in [7, 11) is 0. The van der Waals surface area contributed by atoms with Gasteiger partial charge in [-0.3, -0.25) is 4.79 Å². The molecule has 0 aliphatic rings. The molecular formula is C19H14ClN3O2. The Morgan fingerprint density at radius 2 is 1.92 bits per heavy atom. The summed E-state index contributed by atoms with van der Waals surface area (Å²) in [6.07, 6.45) is 3.07. The number of hydrogen-bond donors (Lipinski definition) is 1. The maximum absolute atomic E-state index is 12.3. The van der Waals surface area contributed by atoms with Crippen LogP contribution in [0.5, 0.6) is 11.6 Å². The number of hydrazone groups is 1. The van der Waals surface area contributed by atoms with Crippen LogP contribution in [0.25, 0.3) is 0 Å². The zero-order valence-electron chi connectivity index (χ0n) is 13.1. The van der Waals surface area contributed by atoms with Gasteiger partial charge in [-0.05, 0) is 42.0 Å². The van der Waals surface area contributed by atoms with Crippen LogP contribution in [-0.4, -0.2) is 17.1 Å². The molecule has 1 N–H and O–H groups in total. The van der Waals surface area contributed by atoms with Crippen molar-refractivity contribution in [2.75, 3.05) is 0 Å². The molecule has 6 heteroatoms. The molecule has 0 atom stereocenters. The van der Waals surface area contributed by atoms with E-state index in [0.29, 0.717) is 10.8 Å². The lowest BCUT2D eigenvalue weighted by Gasteiger charge is -2.08. The minimum atomic E-state index is -0.419.